The summed E-state index contributed by atoms with van der Waals surface area (Å²) in [5, 5.41) is 1.17. The second kappa shape index (κ2) is 11.7. The zero-order chi connectivity index (χ0) is 39.1. The van der Waals surface area contributed by atoms with Crippen molar-refractivity contribution in [3.63, 3.8) is 0 Å². The van der Waals surface area contributed by atoms with Crippen LogP contribution in [-0.4, -0.2) is 6.71 Å². The molecule has 5 aromatic carbocycles. The van der Waals surface area contributed by atoms with Gasteiger partial charge >= 0.3 is 0 Å². The van der Waals surface area contributed by atoms with E-state index in [1.54, 1.807) is 0 Å². The van der Waals surface area contributed by atoms with E-state index in [9.17, 15) is 0 Å². The summed E-state index contributed by atoms with van der Waals surface area (Å²) in [5.74, 6) is 0. The maximum Gasteiger partial charge on any atom is 0.297 e. The van der Waals surface area contributed by atoms with E-state index in [2.05, 4.69) is 185 Å². The van der Waals surface area contributed by atoms with Crippen LogP contribution in [0.4, 0.5) is 34.1 Å². The van der Waals surface area contributed by atoms with Crippen molar-refractivity contribution in [2.45, 2.75) is 125 Å². The molecular weight excluding hydrogens is 667 g/mol. The number of benzene rings is 5. The van der Waals surface area contributed by atoms with Crippen molar-refractivity contribution < 1.29 is 4.42 Å². The maximum absolute atomic E-state index is 7.22. The Morgan fingerprint density at radius 1 is 0.582 bits per heavy atom. The molecule has 3 heterocycles. The molecule has 6 aromatic rings. The quantitative estimate of drug-likeness (QED) is 0.166. The molecule has 0 unspecified atom stereocenters. The predicted octanol–water partition coefficient (Wildman–Crippen LogP) is 12.4. The van der Waals surface area contributed by atoms with Gasteiger partial charge in [-0.3, -0.25) is 0 Å². The van der Waals surface area contributed by atoms with E-state index >= 15 is 0 Å². The van der Waals surface area contributed by atoms with E-state index < -0.39 is 0 Å². The Morgan fingerprint density at radius 2 is 1.18 bits per heavy atom. The van der Waals surface area contributed by atoms with Crippen molar-refractivity contribution in [2.75, 3.05) is 9.80 Å². The van der Waals surface area contributed by atoms with Crippen LogP contribution in [-0.2, 0) is 21.7 Å². The van der Waals surface area contributed by atoms with Gasteiger partial charge in [0.05, 0.1) is 11.3 Å². The van der Waals surface area contributed by atoms with Crippen LogP contribution in [0.1, 0.15) is 121 Å². The van der Waals surface area contributed by atoms with Crippen molar-refractivity contribution in [2.24, 2.45) is 0 Å². The molecule has 280 valence electrons. The van der Waals surface area contributed by atoms with Gasteiger partial charge < -0.3 is 14.2 Å². The summed E-state index contributed by atoms with van der Waals surface area (Å²) in [4.78, 5) is 5.12. The third-order valence-electron chi connectivity index (χ3n) is 13.2. The summed E-state index contributed by atoms with van der Waals surface area (Å²) in [6, 6.07) is 33.2. The number of hydrogen-bond donors (Lipinski definition) is 0. The second-order valence-electron chi connectivity index (χ2n) is 20.4. The Hall–Kier alpha value is -4.70. The lowest BCUT2D eigenvalue weighted by molar-refractivity contribution is 0.332. The van der Waals surface area contributed by atoms with Crippen LogP contribution >= 0.6 is 0 Å². The van der Waals surface area contributed by atoms with Gasteiger partial charge in [-0.1, -0.05) is 111 Å². The molecule has 0 fully saturated rings. The van der Waals surface area contributed by atoms with Crippen LogP contribution in [0, 0.1) is 20.8 Å². The SMILES string of the molecule is Cc1cc2c3c(c1)N(c1ccc(C(C)(C)C)cc1C)c1c(oc4ccc(C)cc14)B3c1cc3c(cc1N2c1ccc(C(C)(C)C)cc1)C(C)(C)CCC3(C)C. The van der Waals surface area contributed by atoms with Crippen LogP contribution < -0.4 is 26.4 Å². The highest BCUT2D eigenvalue weighted by Gasteiger charge is 2.49. The fourth-order valence-corrected chi connectivity index (χ4v) is 9.80. The summed E-state index contributed by atoms with van der Waals surface area (Å²) in [5.41, 5.74) is 21.6. The number of anilines is 6. The molecule has 0 amide bonds. The molecule has 0 atom stereocenters. The number of fused-ring (bicyclic) bond motifs is 7. The first kappa shape index (κ1) is 36.0. The molecule has 3 aliphatic rings. The van der Waals surface area contributed by atoms with Crippen LogP contribution in [0.3, 0.4) is 0 Å². The number of rotatable bonds is 2. The second-order valence-corrected chi connectivity index (χ2v) is 20.4. The molecule has 0 bridgehead atoms. The minimum Gasteiger partial charge on any atom is -0.468 e. The molecule has 0 N–H and O–H groups in total. The van der Waals surface area contributed by atoms with Gasteiger partial charge in [0.1, 0.15) is 5.58 Å². The molecule has 2 aliphatic heterocycles. The number of furan rings is 1. The molecule has 0 saturated heterocycles. The maximum atomic E-state index is 7.22. The Morgan fingerprint density at radius 3 is 1.80 bits per heavy atom. The monoisotopic (exact) mass is 724 g/mol. The molecular formula is C51H57BN2O. The van der Waals surface area contributed by atoms with Crippen molar-refractivity contribution in [3.8, 4) is 0 Å². The summed E-state index contributed by atoms with van der Waals surface area (Å²) in [7, 11) is 0. The third kappa shape index (κ3) is 5.45. The Kier molecular flexibility index (Phi) is 7.63. The molecule has 0 radical (unpaired) electrons. The first-order valence-corrected chi connectivity index (χ1v) is 20.4. The smallest absolute Gasteiger partial charge is 0.297 e. The van der Waals surface area contributed by atoms with Crippen LogP contribution in [0.2, 0.25) is 0 Å². The Labute approximate surface area is 329 Å². The Bertz CT molecular complexity index is 2550. The highest BCUT2D eigenvalue weighted by Crippen LogP contribution is 2.51. The average molecular weight is 725 g/mol. The van der Waals surface area contributed by atoms with E-state index in [0.29, 0.717) is 0 Å². The largest absolute Gasteiger partial charge is 0.468 e. The normalized spacial score (nSPS) is 16.9. The van der Waals surface area contributed by atoms with Gasteiger partial charge in [0.2, 0.25) is 0 Å². The molecule has 1 aromatic heterocycles. The predicted molar refractivity (Wildman–Crippen MR) is 237 cm³/mol. The summed E-state index contributed by atoms with van der Waals surface area (Å²) >= 11 is 0. The lowest BCUT2D eigenvalue weighted by Crippen LogP contribution is -2.61. The number of nitrogens with zero attached hydrogens (tertiary/aromatic N) is 2. The molecule has 0 spiro atoms. The average Bonchev–Trinajstić information content (AvgIpc) is 3.47. The lowest BCUT2D eigenvalue weighted by Gasteiger charge is -2.46. The Balaban J connectivity index is 1.41. The zero-order valence-corrected chi connectivity index (χ0v) is 35.4. The molecule has 3 nitrogen and oxygen atoms in total. The van der Waals surface area contributed by atoms with Gasteiger partial charge in [-0.15, -0.1) is 0 Å². The fraction of sp³-hybridized carbons (Fsp3) is 0.373. The van der Waals surface area contributed by atoms with Crippen molar-refractivity contribution in [3.05, 3.63) is 124 Å². The first-order chi connectivity index (χ1) is 25.7. The highest BCUT2D eigenvalue weighted by atomic mass is 16.3. The molecule has 1 aliphatic carbocycles. The minimum atomic E-state index is -0.0649. The molecule has 4 heteroatoms. The van der Waals surface area contributed by atoms with E-state index in [1.807, 2.05) is 0 Å². The topological polar surface area (TPSA) is 19.6 Å². The zero-order valence-electron chi connectivity index (χ0n) is 35.4. The van der Waals surface area contributed by atoms with Gasteiger partial charge in [-0.25, -0.2) is 0 Å². The van der Waals surface area contributed by atoms with Crippen LogP contribution in [0.15, 0.2) is 89.3 Å². The van der Waals surface area contributed by atoms with Gasteiger partial charge in [0.15, 0.2) is 0 Å². The van der Waals surface area contributed by atoms with Gasteiger partial charge in [0, 0.05) is 33.8 Å². The number of hydrogen-bond acceptors (Lipinski definition) is 3. The first-order valence-electron chi connectivity index (χ1n) is 20.4. The molecule has 55 heavy (non-hydrogen) atoms. The van der Waals surface area contributed by atoms with E-state index in [1.165, 1.54) is 102 Å². The standard InChI is InChI=1S/C51H57BN2O/c1-30-14-21-44-36(24-30)46-47(55-44)52-39-28-37-38(51(12,13)23-22-50(37,10)11)29-41(39)53(35-18-15-33(16-19-35)48(4,5)6)42-25-31(2)26-43(45(42)52)54(46)40-20-17-34(27-32(40)3)49(7,8)9/h14-21,24-29H,22-23H2,1-13H3. The lowest BCUT2D eigenvalue weighted by atomic mass is 9.35. The summed E-state index contributed by atoms with van der Waals surface area (Å²) in [6.45, 7) is 30.3. The van der Waals surface area contributed by atoms with Crippen LogP contribution in [0.5, 0.6) is 0 Å². The van der Waals surface area contributed by atoms with Crippen molar-refractivity contribution in [1.82, 2.24) is 0 Å². The summed E-state index contributed by atoms with van der Waals surface area (Å²) in [6.07, 6.45) is 2.34. The van der Waals surface area contributed by atoms with Crippen molar-refractivity contribution in [1.29, 1.82) is 0 Å². The van der Waals surface area contributed by atoms with E-state index in [-0.39, 0.29) is 28.4 Å². The van der Waals surface area contributed by atoms with E-state index in [4.69, 9.17) is 4.42 Å². The van der Waals surface area contributed by atoms with Crippen molar-refractivity contribution >= 4 is 68.4 Å². The molecule has 9 rings (SSSR count). The van der Waals surface area contributed by atoms with Crippen LogP contribution in [0.25, 0.3) is 11.0 Å². The number of aryl methyl sites for hydroxylation is 3. The van der Waals surface area contributed by atoms with Gasteiger partial charge in [-0.2, -0.15) is 0 Å². The molecule has 0 saturated carbocycles. The third-order valence-corrected chi connectivity index (χ3v) is 13.2. The summed E-state index contributed by atoms with van der Waals surface area (Å²) < 4.78 is 7.22. The highest BCUT2D eigenvalue weighted by molar-refractivity contribution is 7.00. The minimum absolute atomic E-state index is 0.0532. The van der Waals surface area contributed by atoms with Gasteiger partial charge in [0.25, 0.3) is 6.71 Å². The fourth-order valence-electron chi connectivity index (χ4n) is 9.80. The van der Waals surface area contributed by atoms with Gasteiger partial charge in [-0.05, 0) is 148 Å². The van der Waals surface area contributed by atoms with E-state index in [0.717, 1.165) is 11.2 Å².